The van der Waals surface area contributed by atoms with Gasteiger partial charge in [0.05, 0.1) is 10.2 Å². The predicted octanol–water partition coefficient (Wildman–Crippen LogP) is 2.23. The quantitative estimate of drug-likeness (QED) is 0.834. The molecule has 0 bridgehead atoms. The number of nitrogens with one attached hydrogen (secondary N) is 1. The summed E-state index contributed by atoms with van der Waals surface area (Å²) in [4.78, 5) is 13.0. The number of rotatable bonds is 1. The van der Waals surface area contributed by atoms with Crippen molar-refractivity contribution in [1.29, 1.82) is 0 Å². The second-order valence-corrected chi connectivity index (χ2v) is 7.28. The van der Waals surface area contributed by atoms with Crippen LogP contribution in [0.1, 0.15) is 23.8 Å². The Morgan fingerprint density at radius 1 is 1.27 bits per heavy atom. The molecule has 7 heteroatoms. The van der Waals surface area contributed by atoms with Crippen LogP contribution >= 0.6 is 23.7 Å². The van der Waals surface area contributed by atoms with E-state index in [9.17, 15) is 0 Å². The average molecular weight is 340 g/mol. The summed E-state index contributed by atoms with van der Waals surface area (Å²) >= 11 is 1.89. The van der Waals surface area contributed by atoms with Crippen LogP contribution in [0.5, 0.6) is 0 Å². The van der Waals surface area contributed by atoms with Crippen molar-refractivity contribution in [2.24, 2.45) is 5.92 Å². The minimum Gasteiger partial charge on any atom is -0.368 e. The molecule has 2 aromatic heterocycles. The van der Waals surface area contributed by atoms with Gasteiger partial charge in [-0.2, -0.15) is 4.98 Å². The molecule has 0 spiro atoms. The first-order chi connectivity index (χ1) is 10.2. The van der Waals surface area contributed by atoms with E-state index in [1.807, 2.05) is 11.3 Å². The second kappa shape index (κ2) is 6.18. The molecule has 120 valence electrons. The summed E-state index contributed by atoms with van der Waals surface area (Å²) in [6.07, 6.45) is 3.59. The van der Waals surface area contributed by atoms with Crippen LogP contribution in [0.3, 0.4) is 0 Å². The first-order valence-electron chi connectivity index (χ1n) is 7.76. The summed E-state index contributed by atoms with van der Waals surface area (Å²) in [5.41, 5.74) is 8.54. The fourth-order valence-electron chi connectivity index (χ4n) is 3.40. The van der Waals surface area contributed by atoms with Crippen LogP contribution in [-0.4, -0.2) is 36.1 Å². The molecule has 3 N–H and O–H groups in total. The van der Waals surface area contributed by atoms with Crippen molar-refractivity contribution in [3.8, 4) is 0 Å². The molecule has 2 aromatic rings. The van der Waals surface area contributed by atoms with Crippen LogP contribution in [0.25, 0.3) is 10.2 Å². The summed E-state index contributed by atoms with van der Waals surface area (Å²) < 4.78 is 1.24. The van der Waals surface area contributed by atoms with Gasteiger partial charge in [0.15, 0.2) is 5.82 Å². The topological polar surface area (TPSA) is 67.1 Å². The standard InChI is InChI=1S/C15H21N5S.ClH/c1-9-2-3-11-10(8-9)12-13(21-11)14(19-15(16)18-12)20-6-4-17-5-7-20;/h9,17H,2-8H2,1H3,(H2,16,18,19);1H. The van der Waals surface area contributed by atoms with Crippen molar-refractivity contribution in [3.05, 3.63) is 10.4 Å². The molecule has 1 fully saturated rings. The summed E-state index contributed by atoms with van der Waals surface area (Å²) in [6, 6.07) is 0. The summed E-state index contributed by atoms with van der Waals surface area (Å²) in [7, 11) is 0. The molecular weight excluding hydrogens is 318 g/mol. The molecule has 1 aliphatic heterocycles. The van der Waals surface area contributed by atoms with Crippen LogP contribution in [-0.2, 0) is 12.8 Å². The molecule has 3 heterocycles. The first kappa shape index (κ1) is 15.8. The summed E-state index contributed by atoms with van der Waals surface area (Å²) in [6.45, 7) is 6.32. The van der Waals surface area contributed by atoms with Gasteiger partial charge >= 0.3 is 0 Å². The molecule has 22 heavy (non-hydrogen) atoms. The van der Waals surface area contributed by atoms with Crippen molar-refractivity contribution < 1.29 is 0 Å². The van der Waals surface area contributed by atoms with Gasteiger partial charge < -0.3 is 16.0 Å². The third-order valence-corrected chi connectivity index (χ3v) is 5.82. The van der Waals surface area contributed by atoms with Crippen molar-refractivity contribution in [2.45, 2.75) is 26.2 Å². The number of hydrogen-bond acceptors (Lipinski definition) is 6. The summed E-state index contributed by atoms with van der Waals surface area (Å²) in [5, 5.41) is 3.39. The Morgan fingerprint density at radius 2 is 2.05 bits per heavy atom. The Kier molecular flexibility index (Phi) is 4.43. The van der Waals surface area contributed by atoms with E-state index < -0.39 is 0 Å². The Morgan fingerprint density at radius 3 is 2.82 bits per heavy atom. The highest BCUT2D eigenvalue weighted by molar-refractivity contribution is 7.19. The SMILES string of the molecule is CC1CCc2sc3c(N4CCNCC4)nc(N)nc3c2C1.Cl. The van der Waals surface area contributed by atoms with Gasteiger partial charge in [-0.25, -0.2) is 4.98 Å². The highest BCUT2D eigenvalue weighted by atomic mass is 35.5. The zero-order valence-corrected chi connectivity index (χ0v) is 14.4. The maximum Gasteiger partial charge on any atom is 0.222 e. The Balaban J connectivity index is 0.00000144. The Hall–Kier alpha value is -1.11. The van der Waals surface area contributed by atoms with Crippen molar-refractivity contribution in [1.82, 2.24) is 15.3 Å². The van der Waals surface area contributed by atoms with E-state index in [0.29, 0.717) is 5.95 Å². The Labute approximate surface area is 140 Å². The molecule has 1 atom stereocenters. The normalized spacial score (nSPS) is 21.5. The minimum absolute atomic E-state index is 0. The van der Waals surface area contributed by atoms with E-state index in [4.69, 9.17) is 5.73 Å². The third-order valence-electron chi connectivity index (χ3n) is 4.55. The number of nitrogen functional groups attached to an aromatic ring is 1. The van der Waals surface area contributed by atoms with Crippen LogP contribution in [0.2, 0.25) is 0 Å². The lowest BCUT2D eigenvalue weighted by Gasteiger charge is -2.28. The molecule has 0 aromatic carbocycles. The molecule has 4 rings (SSSR count). The number of anilines is 2. The highest BCUT2D eigenvalue weighted by Gasteiger charge is 2.25. The molecule has 0 saturated carbocycles. The fraction of sp³-hybridized carbons (Fsp3) is 0.600. The lowest BCUT2D eigenvalue weighted by molar-refractivity contribution is 0.508. The minimum atomic E-state index is 0. The van der Waals surface area contributed by atoms with E-state index in [-0.39, 0.29) is 12.4 Å². The van der Waals surface area contributed by atoms with Gasteiger partial charge in [-0.05, 0) is 30.7 Å². The van der Waals surface area contributed by atoms with Gasteiger partial charge in [-0.1, -0.05) is 6.92 Å². The van der Waals surface area contributed by atoms with E-state index in [1.54, 1.807) is 0 Å². The average Bonchev–Trinajstić information content (AvgIpc) is 2.85. The van der Waals surface area contributed by atoms with E-state index >= 15 is 0 Å². The van der Waals surface area contributed by atoms with Gasteiger partial charge in [0.1, 0.15) is 0 Å². The van der Waals surface area contributed by atoms with Gasteiger partial charge in [0.25, 0.3) is 0 Å². The van der Waals surface area contributed by atoms with E-state index in [2.05, 4.69) is 27.1 Å². The number of nitrogens with zero attached hydrogens (tertiary/aromatic N) is 3. The molecule has 0 radical (unpaired) electrons. The second-order valence-electron chi connectivity index (χ2n) is 6.17. The Bertz CT molecular complexity index is 680. The van der Waals surface area contributed by atoms with Crippen LogP contribution in [0.4, 0.5) is 11.8 Å². The van der Waals surface area contributed by atoms with E-state index in [0.717, 1.165) is 49.9 Å². The number of fused-ring (bicyclic) bond motifs is 3. The number of halogens is 1. The number of aromatic nitrogens is 2. The molecule has 2 aliphatic rings. The lowest BCUT2D eigenvalue weighted by atomic mass is 9.89. The maximum absolute atomic E-state index is 6.00. The fourth-order valence-corrected chi connectivity index (χ4v) is 4.70. The van der Waals surface area contributed by atoms with Crippen molar-refractivity contribution in [3.63, 3.8) is 0 Å². The lowest BCUT2D eigenvalue weighted by Crippen LogP contribution is -2.44. The van der Waals surface area contributed by atoms with Crippen LogP contribution < -0.4 is 16.0 Å². The number of hydrogen-bond donors (Lipinski definition) is 2. The largest absolute Gasteiger partial charge is 0.368 e. The molecule has 1 saturated heterocycles. The van der Waals surface area contributed by atoms with Crippen LogP contribution in [0.15, 0.2) is 0 Å². The molecule has 1 aliphatic carbocycles. The number of piperazine rings is 1. The smallest absolute Gasteiger partial charge is 0.222 e. The molecule has 0 amide bonds. The number of thiophene rings is 1. The molecule has 5 nitrogen and oxygen atoms in total. The van der Waals surface area contributed by atoms with Crippen molar-refractivity contribution in [2.75, 3.05) is 36.8 Å². The van der Waals surface area contributed by atoms with Crippen molar-refractivity contribution >= 4 is 45.7 Å². The predicted molar refractivity (Wildman–Crippen MR) is 95.3 cm³/mol. The van der Waals surface area contributed by atoms with Crippen LogP contribution in [0, 0.1) is 5.92 Å². The zero-order chi connectivity index (χ0) is 14.4. The maximum atomic E-state index is 6.00. The van der Waals surface area contributed by atoms with Gasteiger partial charge in [0, 0.05) is 31.1 Å². The summed E-state index contributed by atoms with van der Waals surface area (Å²) in [5.74, 6) is 2.20. The molecular formula is C15H22ClN5S. The number of aryl methyl sites for hydroxylation is 1. The number of nitrogens with two attached hydrogens (primary N) is 1. The first-order valence-corrected chi connectivity index (χ1v) is 8.57. The van der Waals surface area contributed by atoms with E-state index in [1.165, 1.54) is 28.0 Å². The third kappa shape index (κ3) is 2.64. The van der Waals surface area contributed by atoms with Gasteiger partial charge in [-0.3, -0.25) is 0 Å². The van der Waals surface area contributed by atoms with Gasteiger partial charge in [0.2, 0.25) is 5.95 Å². The highest BCUT2D eigenvalue weighted by Crippen LogP contribution is 2.41. The zero-order valence-electron chi connectivity index (χ0n) is 12.8. The van der Waals surface area contributed by atoms with Gasteiger partial charge in [-0.15, -0.1) is 23.7 Å². The monoisotopic (exact) mass is 339 g/mol. The molecule has 1 unspecified atom stereocenters.